The summed E-state index contributed by atoms with van der Waals surface area (Å²) in [6, 6.07) is 85.7. The molecule has 0 radical (unpaired) electrons. The van der Waals surface area contributed by atoms with Crippen molar-refractivity contribution >= 4 is 45.1 Å². The van der Waals surface area contributed by atoms with Crippen molar-refractivity contribution < 1.29 is 100 Å². The smallest absolute Gasteiger partial charge is 0.457 e. The Morgan fingerprint density at radius 1 is 0.224 bits per heavy atom. The van der Waals surface area contributed by atoms with Crippen LogP contribution in [-0.4, -0.2) is 42.6 Å². The lowest BCUT2D eigenvalue weighted by Gasteiger charge is -2.49. The molecule has 1 fully saturated rings. The lowest BCUT2D eigenvalue weighted by atomic mass is 9.85. The molecule has 11 rings (SSSR count). The minimum Gasteiger partial charge on any atom is -0.457 e. The van der Waals surface area contributed by atoms with Gasteiger partial charge in [-0.25, -0.2) is 22.8 Å². The lowest BCUT2D eigenvalue weighted by Crippen LogP contribution is -2.67. The number of carbonyl (C=O) groups is 1. The highest BCUT2D eigenvalue weighted by Crippen LogP contribution is 2.65. The summed E-state index contributed by atoms with van der Waals surface area (Å²) in [6.45, 7) is -3.23. The molecular formula is C80H83O22P5. The van der Waals surface area contributed by atoms with Gasteiger partial charge in [0.25, 0.3) is 0 Å². The van der Waals surface area contributed by atoms with Crippen LogP contribution in [0, 0.1) is 0 Å². The third-order valence-electron chi connectivity index (χ3n) is 16.2. The van der Waals surface area contributed by atoms with E-state index in [4.69, 9.17) is 72.6 Å². The van der Waals surface area contributed by atoms with Gasteiger partial charge in [0.2, 0.25) is 0 Å². The van der Waals surface area contributed by atoms with E-state index in [0.717, 1.165) is 0 Å². The van der Waals surface area contributed by atoms with Crippen molar-refractivity contribution in [2.45, 2.75) is 122 Å². The number of carbonyl (C=O) groups excluding carboxylic acids is 1. The number of hydrogen-bond acceptors (Lipinski definition) is 22. The van der Waals surface area contributed by atoms with Crippen LogP contribution >= 0.6 is 39.1 Å². The van der Waals surface area contributed by atoms with Gasteiger partial charge in [0.05, 0.1) is 66.1 Å². The van der Waals surface area contributed by atoms with Crippen LogP contribution in [0.2, 0.25) is 0 Å². The highest BCUT2D eigenvalue weighted by Gasteiger charge is 2.65. The zero-order valence-corrected chi connectivity index (χ0v) is 63.0. The molecule has 0 saturated heterocycles. The van der Waals surface area contributed by atoms with Crippen molar-refractivity contribution in [2.24, 2.45) is 0 Å². The molecule has 1 aliphatic rings. The second-order valence-corrected chi connectivity index (χ2v) is 32.5. The summed E-state index contributed by atoms with van der Waals surface area (Å²) in [5.41, 5.74) is 4.60. The lowest BCUT2D eigenvalue weighted by molar-refractivity contribution is -0.223. The molecule has 107 heavy (non-hydrogen) atoms. The van der Waals surface area contributed by atoms with Gasteiger partial charge in [-0.05, 0) is 62.1 Å². The van der Waals surface area contributed by atoms with Gasteiger partial charge in [-0.1, -0.05) is 310 Å². The van der Waals surface area contributed by atoms with Crippen LogP contribution in [0.15, 0.2) is 303 Å². The van der Waals surface area contributed by atoms with Gasteiger partial charge in [-0.2, -0.15) is 0 Å². The number of benzene rings is 10. The maximum Gasteiger partial charge on any atom is 0.475 e. The summed E-state index contributed by atoms with van der Waals surface area (Å²) in [5.74, 6) is -1.03. The first-order chi connectivity index (χ1) is 52.1. The van der Waals surface area contributed by atoms with Crippen molar-refractivity contribution in [1.82, 2.24) is 0 Å². The van der Waals surface area contributed by atoms with Crippen molar-refractivity contribution in [3.63, 3.8) is 0 Å². The van der Waals surface area contributed by atoms with Crippen LogP contribution in [-0.2, 0) is 166 Å². The Bertz CT molecular complexity index is 4060. The predicted molar refractivity (Wildman–Crippen MR) is 399 cm³/mol. The van der Waals surface area contributed by atoms with Crippen LogP contribution in [0.5, 0.6) is 0 Å². The fourth-order valence-corrected chi connectivity index (χ4v) is 17.5. The zero-order chi connectivity index (χ0) is 74.5. The molecule has 560 valence electrons. The van der Waals surface area contributed by atoms with E-state index in [0.29, 0.717) is 55.6 Å². The molecule has 0 heterocycles. The minimum atomic E-state index is -5.49. The Balaban J connectivity index is 1.19. The topological polar surface area (TPSA) is 250 Å². The molecule has 0 spiro atoms. The molecular weight excluding hydrogens is 1470 g/mol. The van der Waals surface area contributed by atoms with Crippen LogP contribution in [0.3, 0.4) is 0 Å². The first-order valence-corrected chi connectivity index (χ1v) is 41.9. The van der Waals surface area contributed by atoms with Gasteiger partial charge in [-0.3, -0.25) is 72.7 Å². The van der Waals surface area contributed by atoms with Crippen molar-refractivity contribution in [1.29, 1.82) is 0 Å². The molecule has 22 nitrogen and oxygen atoms in total. The molecule has 6 atom stereocenters. The normalized spacial score (nSPS) is 17.1. The van der Waals surface area contributed by atoms with E-state index >= 15 is 27.6 Å². The second-order valence-electron chi connectivity index (χ2n) is 24.4. The third kappa shape index (κ3) is 25.7. The Kier molecular flexibility index (Phi) is 30.4. The van der Waals surface area contributed by atoms with Crippen LogP contribution in [0.4, 0.5) is 0 Å². The summed E-state index contributed by atoms with van der Waals surface area (Å²) in [6.07, 6.45) is -15.1. The van der Waals surface area contributed by atoms with Crippen LogP contribution in [0.1, 0.15) is 75.4 Å². The molecule has 27 heteroatoms. The summed E-state index contributed by atoms with van der Waals surface area (Å²) < 4.78 is 190. The number of phosphoric acid groups is 5. The Morgan fingerprint density at radius 3 is 0.486 bits per heavy atom. The van der Waals surface area contributed by atoms with Crippen molar-refractivity contribution in [2.75, 3.05) is 0 Å². The van der Waals surface area contributed by atoms with Crippen molar-refractivity contribution in [3.05, 3.63) is 359 Å². The monoisotopic (exact) mass is 1550 g/mol. The van der Waals surface area contributed by atoms with Gasteiger partial charge in [0.15, 0.2) is 6.10 Å². The Morgan fingerprint density at radius 2 is 0.355 bits per heavy atom. The number of phosphoric ester groups is 5. The van der Waals surface area contributed by atoms with Crippen LogP contribution < -0.4 is 0 Å². The zero-order valence-electron chi connectivity index (χ0n) is 58.5. The van der Waals surface area contributed by atoms with Gasteiger partial charge in [0.1, 0.15) is 30.5 Å². The molecule has 1 saturated carbocycles. The second kappa shape index (κ2) is 40.6. The predicted octanol–water partition coefficient (Wildman–Crippen LogP) is 20.3. The molecule has 0 aliphatic heterocycles. The quantitative estimate of drug-likeness (QED) is 0.0254. The maximum absolute atomic E-state index is 16.8. The molecule has 2 unspecified atom stereocenters. The van der Waals surface area contributed by atoms with E-state index in [2.05, 4.69) is 0 Å². The van der Waals surface area contributed by atoms with E-state index in [1.54, 1.807) is 310 Å². The first kappa shape index (κ1) is 80.2. The average molecular weight is 1550 g/mol. The molecule has 0 amide bonds. The Hall–Kier alpha value is -7.78. The molecule has 1 aliphatic carbocycles. The minimum absolute atomic E-state index is 0.137. The molecule has 10 aromatic carbocycles. The molecule has 0 aromatic heterocycles. The first-order valence-electron chi connectivity index (χ1n) is 34.6. The largest absolute Gasteiger partial charge is 0.475 e. The van der Waals surface area contributed by atoms with E-state index < -0.39 is 148 Å². The van der Waals surface area contributed by atoms with Gasteiger partial charge in [-0.15, -0.1) is 0 Å². The fourth-order valence-electron chi connectivity index (χ4n) is 10.8. The highest BCUT2D eigenvalue weighted by atomic mass is 31.2. The SMILES string of the molecule is CCCC(=O)OC1[C@@H](OP(=O)(OCc2ccccc2)OCc2ccccc2)[C@H](OP(=O)(OCc2ccccc2)OCc2ccccc2)C(OP(=O)(OCc2ccccc2)OCc2ccccc2)[C@H](OP(=O)(OCc2ccccc2)OCc2ccccc2)[C@H]1OP(=O)(OCc1ccccc1)OCc1ccccc1. The summed E-state index contributed by atoms with van der Waals surface area (Å²) >= 11 is 0. The highest BCUT2D eigenvalue weighted by molar-refractivity contribution is 7.49. The summed E-state index contributed by atoms with van der Waals surface area (Å²) in [4.78, 5) is 15.1. The van der Waals surface area contributed by atoms with Crippen LogP contribution in [0.25, 0.3) is 0 Å². The number of hydrogen-bond donors (Lipinski definition) is 0. The van der Waals surface area contributed by atoms with Gasteiger partial charge in [0, 0.05) is 6.42 Å². The molecule has 0 N–H and O–H groups in total. The maximum atomic E-state index is 16.8. The summed E-state index contributed by atoms with van der Waals surface area (Å²) in [7, 11) is -27.2. The van der Waals surface area contributed by atoms with Gasteiger partial charge >= 0.3 is 45.1 Å². The van der Waals surface area contributed by atoms with Gasteiger partial charge < -0.3 is 4.74 Å². The number of ether oxygens (including phenoxy) is 1. The average Bonchev–Trinajstić information content (AvgIpc) is 0.736. The standard InChI is InChI=1S/C80H83O22P5/c1-2-33-74(81)97-75-76(98-103(82,87-54-64-34-13-3-14-35-64)88-55-65-36-15-4-16-37-65)78(100-105(84,91-58-68-42-21-7-22-43-68)92-59-69-44-23-8-24-45-69)80(102-107(86,95-62-72-50-29-11-30-51-72)96-63-73-52-31-12-32-53-73)79(101-106(85,93-60-70-46-25-9-26-47-70)94-61-71-48-27-10-28-49-71)77(75)99-104(83,89-56-66-38-17-5-18-39-66)90-57-67-40-19-6-20-41-67/h3-32,34-53,75-80H,2,33,54-63H2,1H3/t75?,76-,77+,78+,79-,80?. The van der Waals surface area contributed by atoms with E-state index in [9.17, 15) is 0 Å². The number of esters is 1. The Labute approximate surface area is 623 Å². The van der Waals surface area contributed by atoms with E-state index in [1.165, 1.54) is 0 Å². The summed E-state index contributed by atoms with van der Waals surface area (Å²) in [5, 5.41) is 0. The third-order valence-corrected chi connectivity index (χ3v) is 23.2. The molecule has 10 aromatic rings. The number of rotatable bonds is 43. The van der Waals surface area contributed by atoms with E-state index in [-0.39, 0.29) is 12.8 Å². The van der Waals surface area contributed by atoms with Crippen molar-refractivity contribution in [3.8, 4) is 0 Å². The fraction of sp³-hybridized carbons (Fsp3) is 0.237. The molecule has 0 bridgehead atoms. The van der Waals surface area contributed by atoms with E-state index in [1.807, 2.05) is 0 Å².